The molecule has 15 heavy (non-hydrogen) atoms. The second-order valence-electron chi connectivity index (χ2n) is 3.18. The SMILES string of the molecule is CC(=O)Cc1ccc(Cl)cc1S(N)(=O)=O. The lowest BCUT2D eigenvalue weighted by Gasteiger charge is -2.06. The van der Waals surface area contributed by atoms with E-state index in [9.17, 15) is 13.2 Å². The Kier molecular flexibility index (Phi) is 3.49. The van der Waals surface area contributed by atoms with E-state index in [1.54, 1.807) is 0 Å². The molecule has 0 radical (unpaired) electrons. The van der Waals surface area contributed by atoms with Crippen molar-refractivity contribution in [1.82, 2.24) is 0 Å². The third-order valence-electron chi connectivity index (χ3n) is 1.78. The number of primary sulfonamides is 1. The lowest BCUT2D eigenvalue weighted by molar-refractivity contribution is -0.116. The van der Waals surface area contributed by atoms with Crippen molar-refractivity contribution in [3.63, 3.8) is 0 Å². The van der Waals surface area contributed by atoms with E-state index >= 15 is 0 Å². The molecule has 0 aromatic heterocycles. The van der Waals surface area contributed by atoms with Crippen molar-refractivity contribution in [2.75, 3.05) is 0 Å². The molecule has 0 saturated heterocycles. The van der Waals surface area contributed by atoms with Crippen LogP contribution >= 0.6 is 11.6 Å². The van der Waals surface area contributed by atoms with Gasteiger partial charge in [0.1, 0.15) is 5.78 Å². The first-order valence-electron chi connectivity index (χ1n) is 4.11. The molecule has 0 spiro atoms. The fourth-order valence-corrected chi connectivity index (χ4v) is 2.24. The van der Waals surface area contributed by atoms with Gasteiger partial charge in [0.25, 0.3) is 0 Å². The van der Waals surface area contributed by atoms with Crippen LogP contribution in [-0.4, -0.2) is 14.2 Å². The number of Topliss-reactive ketones (excluding diaryl/α,β-unsaturated/α-hetero) is 1. The fourth-order valence-electron chi connectivity index (χ4n) is 1.21. The van der Waals surface area contributed by atoms with Gasteiger partial charge in [0.2, 0.25) is 10.0 Å². The first kappa shape index (κ1) is 12.2. The fraction of sp³-hybridized carbons (Fsp3) is 0.222. The zero-order valence-electron chi connectivity index (χ0n) is 8.03. The van der Waals surface area contributed by atoms with Gasteiger partial charge in [-0.2, -0.15) is 0 Å². The van der Waals surface area contributed by atoms with E-state index in [2.05, 4.69) is 0 Å². The van der Waals surface area contributed by atoms with E-state index < -0.39 is 10.0 Å². The first-order chi connectivity index (χ1) is 6.80. The minimum Gasteiger partial charge on any atom is -0.300 e. The van der Waals surface area contributed by atoms with Crippen LogP contribution in [-0.2, 0) is 21.2 Å². The van der Waals surface area contributed by atoms with E-state index in [4.69, 9.17) is 16.7 Å². The number of ketones is 1. The topological polar surface area (TPSA) is 77.2 Å². The molecule has 0 aliphatic heterocycles. The second kappa shape index (κ2) is 4.30. The number of hydrogen-bond acceptors (Lipinski definition) is 3. The van der Waals surface area contributed by atoms with E-state index in [0.29, 0.717) is 5.56 Å². The number of sulfonamides is 1. The Morgan fingerprint density at radius 1 is 1.47 bits per heavy atom. The van der Waals surface area contributed by atoms with Crippen molar-refractivity contribution in [1.29, 1.82) is 0 Å². The summed E-state index contributed by atoms with van der Waals surface area (Å²) in [6.45, 7) is 1.38. The summed E-state index contributed by atoms with van der Waals surface area (Å²) in [6, 6.07) is 4.26. The van der Waals surface area contributed by atoms with Crippen molar-refractivity contribution < 1.29 is 13.2 Å². The van der Waals surface area contributed by atoms with Gasteiger partial charge >= 0.3 is 0 Å². The van der Waals surface area contributed by atoms with Gasteiger partial charge in [-0.15, -0.1) is 0 Å². The summed E-state index contributed by atoms with van der Waals surface area (Å²) < 4.78 is 22.4. The molecular weight excluding hydrogens is 238 g/mol. The van der Waals surface area contributed by atoms with Crippen LogP contribution in [0, 0.1) is 0 Å². The summed E-state index contributed by atoms with van der Waals surface area (Å²) in [5.41, 5.74) is 0.370. The van der Waals surface area contributed by atoms with E-state index in [1.807, 2.05) is 0 Å². The van der Waals surface area contributed by atoms with Crippen LogP contribution < -0.4 is 5.14 Å². The molecule has 0 heterocycles. The smallest absolute Gasteiger partial charge is 0.238 e. The Labute approximate surface area is 93.1 Å². The normalized spacial score (nSPS) is 11.4. The predicted molar refractivity (Wildman–Crippen MR) is 57.2 cm³/mol. The third kappa shape index (κ3) is 3.30. The Hall–Kier alpha value is -0.910. The minimum absolute atomic E-state index is 0.0307. The Bertz CT molecular complexity index is 496. The number of nitrogens with two attached hydrogens (primary N) is 1. The van der Waals surface area contributed by atoms with Crippen LogP contribution in [0.25, 0.3) is 0 Å². The molecule has 82 valence electrons. The molecule has 1 aromatic rings. The molecule has 0 saturated carbocycles. The van der Waals surface area contributed by atoms with Gasteiger partial charge in [0.05, 0.1) is 4.90 Å². The first-order valence-corrected chi connectivity index (χ1v) is 6.04. The molecule has 1 aromatic carbocycles. The number of carbonyl (C=O) groups is 1. The van der Waals surface area contributed by atoms with Gasteiger partial charge in [-0.05, 0) is 24.6 Å². The molecule has 0 fully saturated rings. The molecule has 0 bridgehead atoms. The summed E-state index contributed by atoms with van der Waals surface area (Å²) in [5, 5.41) is 5.27. The van der Waals surface area contributed by atoms with E-state index in [1.165, 1.54) is 25.1 Å². The van der Waals surface area contributed by atoms with Crippen molar-refractivity contribution in [3.8, 4) is 0 Å². The number of hydrogen-bond donors (Lipinski definition) is 1. The van der Waals surface area contributed by atoms with Crippen molar-refractivity contribution in [2.24, 2.45) is 5.14 Å². The van der Waals surface area contributed by atoms with Crippen LogP contribution in [0.5, 0.6) is 0 Å². The van der Waals surface area contributed by atoms with Crippen molar-refractivity contribution >= 4 is 27.4 Å². The monoisotopic (exact) mass is 247 g/mol. The molecule has 0 aliphatic carbocycles. The summed E-state index contributed by atoms with van der Waals surface area (Å²) in [6.07, 6.45) is 0.0307. The largest absolute Gasteiger partial charge is 0.300 e. The standard InChI is InChI=1S/C9H10ClNO3S/c1-6(12)4-7-2-3-8(10)5-9(7)15(11,13)14/h2-3,5H,4H2,1H3,(H2,11,13,14). The average molecular weight is 248 g/mol. The van der Waals surface area contributed by atoms with Gasteiger partial charge in [0, 0.05) is 11.4 Å². The van der Waals surface area contributed by atoms with Crippen LogP contribution in [0.4, 0.5) is 0 Å². The maximum atomic E-state index is 11.2. The summed E-state index contributed by atoms with van der Waals surface area (Å²) in [4.78, 5) is 10.8. The second-order valence-corrected chi connectivity index (χ2v) is 5.14. The van der Waals surface area contributed by atoms with Gasteiger partial charge in [-0.1, -0.05) is 17.7 Å². The van der Waals surface area contributed by atoms with Crippen LogP contribution in [0.15, 0.2) is 23.1 Å². The highest BCUT2D eigenvalue weighted by atomic mass is 35.5. The van der Waals surface area contributed by atoms with Gasteiger partial charge in [-0.3, -0.25) is 4.79 Å². The maximum Gasteiger partial charge on any atom is 0.238 e. The highest BCUT2D eigenvalue weighted by Crippen LogP contribution is 2.20. The average Bonchev–Trinajstić information content (AvgIpc) is 2.05. The number of carbonyl (C=O) groups excluding carboxylic acids is 1. The van der Waals surface area contributed by atoms with Crippen LogP contribution in [0.3, 0.4) is 0 Å². The lowest BCUT2D eigenvalue weighted by atomic mass is 10.1. The third-order valence-corrected chi connectivity index (χ3v) is 3.00. The Morgan fingerprint density at radius 3 is 2.53 bits per heavy atom. The highest BCUT2D eigenvalue weighted by Gasteiger charge is 2.15. The van der Waals surface area contributed by atoms with Gasteiger partial charge < -0.3 is 0 Å². The van der Waals surface area contributed by atoms with Crippen molar-refractivity contribution in [2.45, 2.75) is 18.2 Å². The summed E-state index contributed by atoms with van der Waals surface area (Å²) in [7, 11) is -3.84. The number of rotatable bonds is 3. The molecule has 2 N–H and O–H groups in total. The van der Waals surface area contributed by atoms with E-state index in [-0.39, 0.29) is 22.1 Å². The molecule has 0 aliphatic rings. The number of halogens is 1. The molecule has 0 atom stereocenters. The molecular formula is C9H10ClNO3S. The lowest BCUT2D eigenvalue weighted by Crippen LogP contribution is -2.15. The Morgan fingerprint density at radius 2 is 2.07 bits per heavy atom. The zero-order valence-corrected chi connectivity index (χ0v) is 9.60. The summed E-state index contributed by atoms with van der Waals surface area (Å²) in [5.74, 6) is -0.137. The number of benzene rings is 1. The van der Waals surface area contributed by atoms with Gasteiger partial charge in [0.15, 0.2) is 0 Å². The molecule has 6 heteroatoms. The minimum atomic E-state index is -3.84. The molecule has 0 amide bonds. The molecule has 4 nitrogen and oxygen atoms in total. The molecule has 1 rings (SSSR count). The predicted octanol–water partition coefficient (Wildman–Crippen LogP) is 1.12. The van der Waals surface area contributed by atoms with Gasteiger partial charge in [-0.25, -0.2) is 13.6 Å². The van der Waals surface area contributed by atoms with E-state index in [0.717, 1.165) is 0 Å². The highest BCUT2D eigenvalue weighted by molar-refractivity contribution is 7.89. The zero-order chi connectivity index (χ0) is 11.6. The quantitative estimate of drug-likeness (QED) is 0.870. The maximum absolute atomic E-state index is 11.2. The van der Waals surface area contributed by atoms with Crippen LogP contribution in [0.2, 0.25) is 5.02 Å². The van der Waals surface area contributed by atoms with Crippen molar-refractivity contribution in [3.05, 3.63) is 28.8 Å². The summed E-state index contributed by atoms with van der Waals surface area (Å²) >= 11 is 5.65. The van der Waals surface area contributed by atoms with Crippen LogP contribution in [0.1, 0.15) is 12.5 Å². The Balaban J connectivity index is 3.33. The molecule has 0 unspecified atom stereocenters.